The number of carbonyl (C=O) groups excluding carboxylic acids is 2. The van der Waals surface area contributed by atoms with Crippen LogP contribution in [0.2, 0.25) is 0 Å². The molecule has 6 nitrogen and oxygen atoms in total. The highest BCUT2D eigenvalue weighted by Crippen LogP contribution is 2.17. The maximum Gasteiger partial charge on any atom is 0.311 e. The summed E-state index contributed by atoms with van der Waals surface area (Å²) in [6.45, 7) is 2.09. The van der Waals surface area contributed by atoms with Crippen molar-refractivity contribution in [2.75, 3.05) is 11.9 Å². The monoisotopic (exact) mass is 280 g/mol. The van der Waals surface area contributed by atoms with Crippen LogP contribution in [0.5, 0.6) is 0 Å². The number of amides is 1. The first kappa shape index (κ1) is 13.3. The second-order valence-corrected chi connectivity index (χ2v) is 4.45. The summed E-state index contributed by atoms with van der Waals surface area (Å²) in [5, 5.41) is 4.77. The molecule has 1 amide bonds. The van der Waals surface area contributed by atoms with Crippen molar-refractivity contribution in [1.82, 2.24) is 4.98 Å². The van der Waals surface area contributed by atoms with Crippen LogP contribution in [0.15, 0.2) is 28.4 Å². The number of nitrogens with one attached hydrogen (secondary N) is 1. The zero-order chi connectivity index (χ0) is 13.7. The Kier molecular flexibility index (Phi) is 4.30. The number of hydrogen-bond donors (Lipinski definition) is 1. The molecule has 0 unspecified atom stereocenters. The molecule has 0 spiro atoms. The van der Waals surface area contributed by atoms with Gasteiger partial charge in [0.15, 0.2) is 5.13 Å². The van der Waals surface area contributed by atoms with E-state index in [-0.39, 0.29) is 18.3 Å². The topological polar surface area (TPSA) is 81.4 Å². The van der Waals surface area contributed by atoms with Crippen LogP contribution in [-0.2, 0) is 16.0 Å². The Morgan fingerprint density at radius 3 is 3.05 bits per heavy atom. The first-order valence-electron chi connectivity index (χ1n) is 5.62. The van der Waals surface area contributed by atoms with Gasteiger partial charge in [0, 0.05) is 5.38 Å². The highest BCUT2D eigenvalue weighted by molar-refractivity contribution is 7.14. The van der Waals surface area contributed by atoms with Crippen molar-refractivity contribution in [3.8, 4) is 0 Å². The van der Waals surface area contributed by atoms with Crippen LogP contribution in [0.4, 0.5) is 5.13 Å². The van der Waals surface area contributed by atoms with Crippen molar-refractivity contribution in [3.63, 3.8) is 0 Å². The van der Waals surface area contributed by atoms with Gasteiger partial charge in [0.25, 0.3) is 5.91 Å². The van der Waals surface area contributed by atoms with E-state index < -0.39 is 0 Å². The molecule has 1 N–H and O–H groups in total. The van der Waals surface area contributed by atoms with Gasteiger partial charge in [0.05, 0.1) is 30.5 Å². The molecular formula is C12H12N2O4S. The van der Waals surface area contributed by atoms with Gasteiger partial charge in [-0.05, 0) is 13.0 Å². The Balaban J connectivity index is 1.94. The standard InChI is InChI=1S/C12H12N2O4S/c1-2-18-10(15)5-9-7-19-12(13-9)14-11(16)8-3-4-17-6-8/h3-4,6-7H,2,5H2,1H3,(H,13,14,16). The molecule has 0 saturated heterocycles. The van der Waals surface area contributed by atoms with Gasteiger partial charge in [-0.1, -0.05) is 0 Å². The number of esters is 1. The summed E-state index contributed by atoms with van der Waals surface area (Å²) in [4.78, 5) is 27.1. The lowest BCUT2D eigenvalue weighted by Gasteiger charge is -1.99. The van der Waals surface area contributed by atoms with Gasteiger partial charge in [-0.25, -0.2) is 4.98 Å². The van der Waals surface area contributed by atoms with Crippen molar-refractivity contribution in [1.29, 1.82) is 0 Å². The van der Waals surface area contributed by atoms with Crippen LogP contribution < -0.4 is 5.32 Å². The summed E-state index contributed by atoms with van der Waals surface area (Å²) >= 11 is 1.25. The molecule has 19 heavy (non-hydrogen) atoms. The predicted octanol–water partition coefficient (Wildman–Crippen LogP) is 2.09. The number of thiazole rings is 1. The molecule has 0 bridgehead atoms. The summed E-state index contributed by atoms with van der Waals surface area (Å²) in [5.41, 5.74) is 0.994. The van der Waals surface area contributed by atoms with Gasteiger partial charge in [-0.2, -0.15) is 0 Å². The van der Waals surface area contributed by atoms with Gasteiger partial charge in [0.2, 0.25) is 0 Å². The lowest BCUT2D eigenvalue weighted by molar-refractivity contribution is -0.142. The van der Waals surface area contributed by atoms with Crippen LogP contribution in [0, 0.1) is 0 Å². The fourth-order valence-corrected chi connectivity index (χ4v) is 2.07. The smallest absolute Gasteiger partial charge is 0.311 e. The number of rotatable bonds is 5. The average Bonchev–Trinajstić information content (AvgIpc) is 3.00. The van der Waals surface area contributed by atoms with Crippen LogP contribution in [0.3, 0.4) is 0 Å². The Morgan fingerprint density at radius 2 is 2.37 bits per heavy atom. The molecule has 2 heterocycles. The van der Waals surface area contributed by atoms with E-state index in [1.807, 2.05) is 0 Å². The third kappa shape index (κ3) is 3.65. The first-order chi connectivity index (χ1) is 9.19. The molecule has 2 rings (SSSR count). The van der Waals surface area contributed by atoms with E-state index in [0.29, 0.717) is 23.0 Å². The highest BCUT2D eigenvalue weighted by atomic mass is 32.1. The van der Waals surface area contributed by atoms with E-state index in [4.69, 9.17) is 9.15 Å². The van der Waals surface area contributed by atoms with E-state index >= 15 is 0 Å². The van der Waals surface area contributed by atoms with Crippen LogP contribution in [-0.4, -0.2) is 23.5 Å². The molecule has 2 aromatic rings. The third-order valence-electron chi connectivity index (χ3n) is 2.19. The summed E-state index contributed by atoms with van der Waals surface area (Å²) in [5.74, 6) is -0.633. The maximum atomic E-state index is 11.7. The van der Waals surface area contributed by atoms with Crippen LogP contribution in [0.1, 0.15) is 23.0 Å². The van der Waals surface area contributed by atoms with Crippen molar-refractivity contribution < 1.29 is 18.7 Å². The molecule has 0 radical (unpaired) electrons. The summed E-state index contributed by atoms with van der Waals surface area (Å²) in [7, 11) is 0. The summed E-state index contributed by atoms with van der Waals surface area (Å²) < 4.78 is 9.64. The van der Waals surface area contributed by atoms with E-state index in [9.17, 15) is 9.59 Å². The Labute approximate surface area is 113 Å². The second kappa shape index (κ2) is 6.14. The van der Waals surface area contributed by atoms with Crippen LogP contribution in [0.25, 0.3) is 0 Å². The molecule has 0 aliphatic heterocycles. The molecule has 7 heteroatoms. The minimum atomic E-state index is -0.333. The van der Waals surface area contributed by atoms with Gasteiger partial charge in [-0.3, -0.25) is 14.9 Å². The second-order valence-electron chi connectivity index (χ2n) is 3.59. The van der Waals surface area contributed by atoms with Gasteiger partial charge in [0.1, 0.15) is 6.26 Å². The van der Waals surface area contributed by atoms with E-state index in [1.165, 1.54) is 23.9 Å². The molecule has 0 atom stereocenters. The van der Waals surface area contributed by atoms with Crippen molar-refractivity contribution in [2.45, 2.75) is 13.3 Å². The van der Waals surface area contributed by atoms with Gasteiger partial charge in [-0.15, -0.1) is 11.3 Å². The van der Waals surface area contributed by atoms with Crippen molar-refractivity contribution in [3.05, 3.63) is 35.2 Å². The average molecular weight is 280 g/mol. The number of furan rings is 1. The molecule has 0 aliphatic rings. The molecule has 100 valence electrons. The SMILES string of the molecule is CCOC(=O)Cc1csc(NC(=O)c2ccoc2)n1. The molecule has 0 saturated carbocycles. The normalized spacial score (nSPS) is 10.2. The number of nitrogens with zero attached hydrogens (tertiary/aromatic N) is 1. The van der Waals surface area contributed by atoms with Crippen molar-refractivity contribution in [2.24, 2.45) is 0 Å². The largest absolute Gasteiger partial charge is 0.472 e. The fourth-order valence-electron chi connectivity index (χ4n) is 1.37. The molecule has 2 aromatic heterocycles. The summed E-state index contributed by atoms with van der Waals surface area (Å²) in [6, 6.07) is 1.56. The minimum Gasteiger partial charge on any atom is -0.472 e. The van der Waals surface area contributed by atoms with E-state index in [1.54, 1.807) is 18.4 Å². The maximum absolute atomic E-state index is 11.7. The lowest BCUT2D eigenvalue weighted by Crippen LogP contribution is -2.11. The molecule has 0 aliphatic carbocycles. The van der Waals surface area contributed by atoms with Crippen LogP contribution >= 0.6 is 11.3 Å². The Bertz CT molecular complexity index is 562. The number of aromatic nitrogens is 1. The zero-order valence-corrected chi connectivity index (χ0v) is 11.0. The number of ether oxygens (including phenoxy) is 1. The molecular weight excluding hydrogens is 268 g/mol. The van der Waals surface area contributed by atoms with Gasteiger partial charge < -0.3 is 9.15 Å². The highest BCUT2D eigenvalue weighted by Gasteiger charge is 2.12. The third-order valence-corrected chi connectivity index (χ3v) is 2.99. The molecule has 0 fully saturated rings. The lowest BCUT2D eigenvalue weighted by atomic mass is 10.3. The van der Waals surface area contributed by atoms with E-state index in [2.05, 4.69) is 10.3 Å². The summed E-state index contributed by atoms with van der Waals surface area (Å²) in [6.07, 6.45) is 2.87. The Morgan fingerprint density at radius 1 is 1.53 bits per heavy atom. The number of anilines is 1. The quantitative estimate of drug-likeness (QED) is 0.848. The predicted molar refractivity (Wildman–Crippen MR) is 69.1 cm³/mol. The first-order valence-corrected chi connectivity index (χ1v) is 6.50. The van der Waals surface area contributed by atoms with Gasteiger partial charge >= 0.3 is 5.97 Å². The van der Waals surface area contributed by atoms with Crippen molar-refractivity contribution >= 4 is 28.3 Å². The fraction of sp³-hybridized carbons (Fsp3) is 0.250. The minimum absolute atomic E-state index is 0.103. The zero-order valence-electron chi connectivity index (χ0n) is 10.2. The number of hydrogen-bond acceptors (Lipinski definition) is 6. The number of carbonyl (C=O) groups is 2. The van der Waals surface area contributed by atoms with E-state index in [0.717, 1.165) is 0 Å². The molecule has 0 aromatic carbocycles. The Hall–Kier alpha value is -2.15.